The normalized spacial score (nSPS) is 18.9. The third kappa shape index (κ3) is 2.63. The minimum Gasteiger partial charge on any atom is -0.397 e. The molecule has 1 fully saturated rings. The highest BCUT2D eigenvalue weighted by molar-refractivity contribution is 5.91. The first-order valence-corrected chi connectivity index (χ1v) is 6.99. The van der Waals surface area contributed by atoms with Crippen LogP contribution >= 0.6 is 0 Å². The maximum atomic E-state index is 13.1. The number of nitrogen functional groups attached to an aromatic ring is 1. The lowest BCUT2D eigenvalue weighted by Gasteiger charge is -2.15. The molecule has 5 heteroatoms. The van der Waals surface area contributed by atoms with Crippen molar-refractivity contribution in [3.8, 4) is 0 Å². The van der Waals surface area contributed by atoms with Crippen molar-refractivity contribution in [3.63, 3.8) is 0 Å². The summed E-state index contributed by atoms with van der Waals surface area (Å²) in [4.78, 5) is 1.84. The summed E-state index contributed by atoms with van der Waals surface area (Å²) >= 11 is 0. The van der Waals surface area contributed by atoms with Crippen LogP contribution in [0.1, 0.15) is 12.8 Å². The van der Waals surface area contributed by atoms with Gasteiger partial charge in [0.25, 0.3) is 5.92 Å². The van der Waals surface area contributed by atoms with Crippen LogP contribution in [0.25, 0.3) is 10.9 Å². The Bertz CT molecular complexity index is 606. The molecule has 2 aromatic rings. The fourth-order valence-electron chi connectivity index (χ4n) is 2.92. The molecule has 0 radical (unpaired) electrons. The largest absolute Gasteiger partial charge is 0.397 e. The van der Waals surface area contributed by atoms with Crippen LogP contribution in [0.15, 0.2) is 30.5 Å². The number of aromatic nitrogens is 1. The second kappa shape index (κ2) is 5.05. The van der Waals surface area contributed by atoms with Gasteiger partial charge in [0.15, 0.2) is 0 Å². The molecule has 0 bridgehead atoms. The third-order valence-corrected chi connectivity index (χ3v) is 3.94. The van der Waals surface area contributed by atoms with Gasteiger partial charge in [0, 0.05) is 37.6 Å². The van der Waals surface area contributed by atoms with Crippen LogP contribution in [0.2, 0.25) is 0 Å². The summed E-state index contributed by atoms with van der Waals surface area (Å²) in [5, 5.41) is 1.06. The molecule has 0 amide bonds. The number of para-hydroxylation sites is 1. The summed E-state index contributed by atoms with van der Waals surface area (Å²) in [6, 6.07) is 7.99. The van der Waals surface area contributed by atoms with Gasteiger partial charge >= 0.3 is 0 Å². The number of benzene rings is 1. The van der Waals surface area contributed by atoms with E-state index < -0.39 is 5.92 Å². The van der Waals surface area contributed by atoms with E-state index in [1.165, 1.54) is 0 Å². The minimum absolute atomic E-state index is 0.00754. The number of rotatable bonds is 4. The molecule has 1 aromatic carbocycles. The molecule has 2 N–H and O–H groups in total. The number of hydrogen-bond donors (Lipinski definition) is 1. The number of hydrogen-bond acceptors (Lipinski definition) is 2. The van der Waals surface area contributed by atoms with E-state index >= 15 is 0 Å². The molecule has 0 saturated carbocycles. The van der Waals surface area contributed by atoms with Crippen molar-refractivity contribution in [2.24, 2.45) is 0 Å². The van der Waals surface area contributed by atoms with Gasteiger partial charge in [-0.3, -0.25) is 4.90 Å². The Hall–Kier alpha value is -1.62. The molecule has 1 aliphatic heterocycles. The van der Waals surface area contributed by atoms with Crippen LogP contribution in [-0.2, 0) is 6.54 Å². The fraction of sp³-hybridized carbons (Fsp3) is 0.467. The van der Waals surface area contributed by atoms with Gasteiger partial charge in [-0.15, -0.1) is 0 Å². The van der Waals surface area contributed by atoms with Gasteiger partial charge in [-0.2, -0.15) is 0 Å². The molecule has 3 nitrogen and oxygen atoms in total. The molecule has 108 valence electrons. The van der Waals surface area contributed by atoms with Gasteiger partial charge in [0.1, 0.15) is 0 Å². The zero-order valence-corrected chi connectivity index (χ0v) is 11.4. The van der Waals surface area contributed by atoms with Crippen LogP contribution in [0.4, 0.5) is 14.5 Å². The summed E-state index contributed by atoms with van der Waals surface area (Å²) in [6.07, 6.45) is 2.78. The molecule has 1 aromatic heterocycles. The SMILES string of the molecule is Nc1cn(CCCN2CCC(F)(F)C2)c2ccccc12. The number of fused-ring (bicyclic) bond motifs is 1. The van der Waals surface area contributed by atoms with Crippen molar-refractivity contribution < 1.29 is 8.78 Å². The highest BCUT2D eigenvalue weighted by atomic mass is 19.3. The second-order valence-corrected chi connectivity index (χ2v) is 5.53. The summed E-state index contributed by atoms with van der Waals surface area (Å²) < 4.78 is 28.3. The number of aryl methyl sites for hydroxylation is 1. The number of alkyl halides is 2. The van der Waals surface area contributed by atoms with Crippen molar-refractivity contribution >= 4 is 16.6 Å². The van der Waals surface area contributed by atoms with Crippen LogP contribution in [0.5, 0.6) is 0 Å². The molecule has 20 heavy (non-hydrogen) atoms. The molecule has 0 unspecified atom stereocenters. The van der Waals surface area contributed by atoms with Crippen molar-refractivity contribution in [3.05, 3.63) is 30.5 Å². The Kier molecular flexibility index (Phi) is 3.38. The predicted octanol–water partition coefficient (Wildman–Crippen LogP) is 2.95. The van der Waals surface area contributed by atoms with Gasteiger partial charge in [-0.05, 0) is 12.5 Å². The quantitative estimate of drug-likeness (QED) is 0.933. The Morgan fingerprint density at radius 3 is 2.75 bits per heavy atom. The maximum absolute atomic E-state index is 13.1. The summed E-state index contributed by atoms with van der Waals surface area (Å²) in [5.74, 6) is -2.50. The molecule has 2 heterocycles. The van der Waals surface area contributed by atoms with E-state index in [1.54, 1.807) is 0 Å². The van der Waals surface area contributed by atoms with Crippen molar-refractivity contribution in [1.29, 1.82) is 0 Å². The first kappa shape index (κ1) is 13.4. The average molecular weight is 279 g/mol. The predicted molar refractivity (Wildman–Crippen MR) is 77.0 cm³/mol. The first-order valence-electron chi connectivity index (χ1n) is 6.99. The van der Waals surface area contributed by atoms with Crippen molar-refractivity contribution in [2.45, 2.75) is 25.3 Å². The Morgan fingerprint density at radius 2 is 2.00 bits per heavy atom. The third-order valence-electron chi connectivity index (χ3n) is 3.94. The van der Waals surface area contributed by atoms with Gasteiger partial charge < -0.3 is 10.3 Å². The van der Waals surface area contributed by atoms with E-state index in [9.17, 15) is 8.78 Å². The molecular weight excluding hydrogens is 260 g/mol. The number of nitrogens with two attached hydrogens (primary N) is 1. The Morgan fingerprint density at radius 1 is 1.20 bits per heavy atom. The van der Waals surface area contributed by atoms with E-state index in [0.717, 1.165) is 29.6 Å². The molecule has 3 rings (SSSR count). The number of nitrogens with zero attached hydrogens (tertiary/aromatic N) is 2. The van der Waals surface area contributed by atoms with E-state index in [0.29, 0.717) is 13.1 Å². The number of anilines is 1. The van der Waals surface area contributed by atoms with Crippen molar-refractivity contribution in [1.82, 2.24) is 9.47 Å². The maximum Gasteiger partial charge on any atom is 0.261 e. The van der Waals surface area contributed by atoms with Gasteiger partial charge in [0.05, 0.1) is 17.7 Å². The lowest BCUT2D eigenvalue weighted by atomic mass is 10.2. The molecular formula is C15H19F2N3. The molecule has 0 spiro atoms. The number of likely N-dealkylation sites (tertiary alicyclic amines) is 1. The standard InChI is InChI=1S/C15H19F2N3/c16-15(17)6-9-19(11-15)7-3-8-20-10-13(18)12-4-1-2-5-14(12)20/h1-2,4-5,10H,3,6-9,11,18H2. The van der Waals surface area contributed by atoms with E-state index in [4.69, 9.17) is 5.73 Å². The second-order valence-electron chi connectivity index (χ2n) is 5.53. The van der Waals surface area contributed by atoms with E-state index in [2.05, 4.69) is 4.57 Å². The lowest BCUT2D eigenvalue weighted by molar-refractivity contribution is 0.0121. The Balaban J connectivity index is 1.61. The monoisotopic (exact) mass is 279 g/mol. The summed E-state index contributed by atoms with van der Waals surface area (Å²) in [6.45, 7) is 1.92. The van der Waals surface area contributed by atoms with Crippen molar-refractivity contribution in [2.75, 3.05) is 25.4 Å². The summed E-state index contributed by atoms with van der Waals surface area (Å²) in [5.41, 5.74) is 7.86. The molecule has 0 aliphatic carbocycles. The number of halogens is 2. The lowest BCUT2D eigenvalue weighted by Crippen LogP contribution is -2.26. The molecule has 0 atom stereocenters. The van der Waals surface area contributed by atoms with Crippen LogP contribution in [-0.4, -0.2) is 35.0 Å². The average Bonchev–Trinajstić information content (AvgIpc) is 2.92. The topological polar surface area (TPSA) is 34.2 Å². The highest BCUT2D eigenvalue weighted by Crippen LogP contribution is 2.27. The molecule has 1 saturated heterocycles. The smallest absolute Gasteiger partial charge is 0.261 e. The van der Waals surface area contributed by atoms with Crippen LogP contribution in [0, 0.1) is 0 Å². The first-order chi connectivity index (χ1) is 9.55. The van der Waals surface area contributed by atoms with E-state index in [1.807, 2.05) is 35.4 Å². The summed E-state index contributed by atoms with van der Waals surface area (Å²) in [7, 11) is 0. The fourth-order valence-corrected chi connectivity index (χ4v) is 2.92. The minimum atomic E-state index is -2.50. The Labute approximate surface area is 117 Å². The van der Waals surface area contributed by atoms with Gasteiger partial charge in [-0.1, -0.05) is 18.2 Å². The zero-order valence-electron chi connectivity index (χ0n) is 11.4. The molecule has 1 aliphatic rings. The van der Waals surface area contributed by atoms with Crippen LogP contribution in [0.3, 0.4) is 0 Å². The van der Waals surface area contributed by atoms with E-state index in [-0.39, 0.29) is 13.0 Å². The van der Waals surface area contributed by atoms with Gasteiger partial charge in [0.2, 0.25) is 0 Å². The zero-order chi connectivity index (χ0) is 14.2. The highest BCUT2D eigenvalue weighted by Gasteiger charge is 2.37. The van der Waals surface area contributed by atoms with Gasteiger partial charge in [-0.25, -0.2) is 8.78 Å². The van der Waals surface area contributed by atoms with Crippen LogP contribution < -0.4 is 5.73 Å².